The van der Waals surface area contributed by atoms with E-state index in [0.717, 1.165) is 30.1 Å². The van der Waals surface area contributed by atoms with E-state index in [0.29, 0.717) is 48.6 Å². The minimum absolute atomic E-state index is 0.0320. The molecule has 3 N–H and O–H groups in total. The third kappa shape index (κ3) is 9.66. The quantitative estimate of drug-likeness (QED) is 0.255. The molecular weight excluding hydrogens is 641 g/mol. The molecule has 0 aliphatic carbocycles. The lowest BCUT2D eigenvalue weighted by Gasteiger charge is -2.31. The molecular formula is C33H44N6O6S2. The fourth-order valence-electron chi connectivity index (χ4n) is 5.66. The molecule has 2 aliphatic rings. The van der Waals surface area contributed by atoms with Gasteiger partial charge in [0.15, 0.2) is 5.13 Å². The Balaban J connectivity index is 1.24. The van der Waals surface area contributed by atoms with Crippen LogP contribution in [0.1, 0.15) is 52.0 Å². The molecule has 2 saturated heterocycles. The number of thiazole rings is 1. The number of likely N-dealkylation sites (N-methyl/N-ethyl adjacent to an activating group) is 1. The predicted octanol–water partition coefficient (Wildman–Crippen LogP) is 5.42. The predicted molar refractivity (Wildman–Crippen MR) is 183 cm³/mol. The Morgan fingerprint density at radius 3 is 2.45 bits per heavy atom. The van der Waals surface area contributed by atoms with Crippen molar-refractivity contribution in [1.82, 2.24) is 19.9 Å². The number of hydrogen-bond acceptors (Lipinski definition) is 10. The standard InChI is InChI=1S/C33H44N6O6S2/c1-33(2,3)37-47(42,43)29-19-24(36-32(41)44-22-25-11-8-16-38(25)4)12-13-27(29)28-21-34-30(46-28)39-17-14-26(15-18-39)45-31(40)35-20-23-9-6-5-7-10-23/h5-7,9-10,12-13,19,21,25-26,37H,8,11,14-18,20,22H2,1-4H3,(H,35,40)(H,36,41)/t25-/m1/s1. The number of alkyl carbamates (subject to hydrolysis) is 1. The van der Waals surface area contributed by atoms with Gasteiger partial charge in [0.2, 0.25) is 10.0 Å². The van der Waals surface area contributed by atoms with Crippen molar-refractivity contribution in [2.75, 3.05) is 43.5 Å². The van der Waals surface area contributed by atoms with Crippen LogP contribution in [0.5, 0.6) is 0 Å². The molecule has 1 atom stereocenters. The summed E-state index contributed by atoms with van der Waals surface area (Å²) < 4.78 is 41.1. The first-order chi connectivity index (χ1) is 22.4. The Hall–Kier alpha value is -3.72. The first-order valence-corrected chi connectivity index (χ1v) is 18.2. The maximum absolute atomic E-state index is 13.6. The van der Waals surface area contributed by atoms with Crippen LogP contribution in [0.25, 0.3) is 10.4 Å². The zero-order valence-electron chi connectivity index (χ0n) is 27.3. The molecule has 2 amide bonds. The molecule has 0 bridgehead atoms. The Bertz CT molecular complexity index is 1630. The molecule has 0 unspecified atom stereocenters. The Morgan fingerprint density at radius 1 is 1.02 bits per heavy atom. The summed E-state index contributed by atoms with van der Waals surface area (Å²) >= 11 is 1.39. The lowest BCUT2D eigenvalue weighted by molar-refractivity contribution is 0.0828. The van der Waals surface area contributed by atoms with Crippen LogP contribution >= 0.6 is 11.3 Å². The SMILES string of the molecule is CN1CCC[C@@H]1COC(=O)Nc1ccc(-c2cnc(N3CCC(OC(=O)NCc4ccccc4)CC3)s2)c(S(=O)(=O)NC(C)(C)C)c1. The fraction of sp³-hybridized carbons (Fsp3) is 0.485. The summed E-state index contributed by atoms with van der Waals surface area (Å²) in [4.78, 5) is 34.5. The molecule has 0 saturated carbocycles. The molecule has 12 nitrogen and oxygen atoms in total. The van der Waals surface area contributed by atoms with Gasteiger partial charge in [-0.3, -0.25) is 5.32 Å². The fourth-order valence-corrected chi connectivity index (χ4v) is 8.40. The molecule has 2 aliphatic heterocycles. The van der Waals surface area contributed by atoms with Crippen molar-refractivity contribution in [3.05, 3.63) is 60.3 Å². The normalized spacial score (nSPS) is 17.8. The van der Waals surface area contributed by atoms with Crippen LogP contribution in [-0.4, -0.2) is 81.5 Å². The van der Waals surface area contributed by atoms with Gasteiger partial charge >= 0.3 is 12.2 Å². The van der Waals surface area contributed by atoms with Gasteiger partial charge in [0, 0.05) is 61.5 Å². The summed E-state index contributed by atoms with van der Waals surface area (Å²) in [5.41, 5.74) is 1.06. The smallest absolute Gasteiger partial charge is 0.411 e. The Kier molecular flexibility index (Phi) is 11.1. The lowest BCUT2D eigenvalue weighted by atomic mass is 10.1. The number of amides is 2. The van der Waals surface area contributed by atoms with E-state index in [9.17, 15) is 18.0 Å². The minimum Gasteiger partial charge on any atom is -0.448 e. The molecule has 0 spiro atoms. The van der Waals surface area contributed by atoms with E-state index in [1.54, 1.807) is 39.1 Å². The number of carbonyl (C=O) groups is 2. The summed E-state index contributed by atoms with van der Waals surface area (Å²) in [6.07, 6.45) is 3.73. The van der Waals surface area contributed by atoms with Gasteiger partial charge in [-0.25, -0.2) is 27.7 Å². The van der Waals surface area contributed by atoms with Crippen molar-refractivity contribution < 1.29 is 27.5 Å². The van der Waals surface area contributed by atoms with E-state index in [-0.39, 0.29) is 23.6 Å². The third-order valence-electron chi connectivity index (χ3n) is 8.06. The van der Waals surface area contributed by atoms with E-state index < -0.39 is 27.7 Å². The second kappa shape index (κ2) is 15.0. The molecule has 14 heteroatoms. The van der Waals surface area contributed by atoms with Crippen molar-refractivity contribution in [2.45, 2.75) is 75.6 Å². The zero-order valence-corrected chi connectivity index (χ0v) is 29.0. The number of likely N-dealkylation sites (tertiary alicyclic amines) is 1. The minimum atomic E-state index is -3.98. The van der Waals surface area contributed by atoms with Crippen LogP contribution in [0.2, 0.25) is 0 Å². The molecule has 2 fully saturated rings. The van der Waals surface area contributed by atoms with Crippen molar-refractivity contribution in [2.24, 2.45) is 0 Å². The number of nitrogens with zero attached hydrogens (tertiary/aromatic N) is 3. The van der Waals surface area contributed by atoms with E-state index in [1.807, 2.05) is 37.4 Å². The number of ether oxygens (including phenoxy) is 2. The largest absolute Gasteiger partial charge is 0.448 e. The van der Waals surface area contributed by atoms with Gasteiger partial charge in [-0.2, -0.15) is 0 Å². The monoisotopic (exact) mass is 684 g/mol. The van der Waals surface area contributed by atoms with Crippen LogP contribution in [-0.2, 0) is 26.0 Å². The zero-order chi connectivity index (χ0) is 33.6. The van der Waals surface area contributed by atoms with Crippen molar-refractivity contribution in [1.29, 1.82) is 0 Å². The Morgan fingerprint density at radius 2 is 1.77 bits per heavy atom. The van der Waals surface area contributed by atoms with Gasteiger partial charge < -0.3 is 24.6 Å². The molecule has 3 heterocycles. The molecule has 0 radical (unpaired) electrons. The van der Waals surface area contributed by atoms with Crippen LogP contribution in [0.3, 0.4) is 0 Å². The summed E-state index contributed by atoms with van der Waals surface area (Å²) in [5.74, 6) is 0. The number of aromatic nitrogens is 1. The number of nitrogens with one attached hydrogen (secondary N) is 3. The molecule has 3 aromatic rings. The van der Waals surface area contributed by atoms with Gasteiger partial charge in [-0.15, -0.1) is 0 Å². The molecule has 47 heavy (non-hydrogen) atoms. The summed E-state index contributed by atoms with van der Waals surface area (Å²) in [6, 6.07) is 14.6. The summed E-state index contributed by atoms with van der Waals surface area (Å²) in [7, 11) is -1.98. The number of piperidine rings is 1. The van der Waals surface area contributed by atoms with Crippen molar-refractivity contribution in [3.63, 3.8) is 0 Å². The lowest BCUT2D eigenvalue weighted by Crippen LogP contribution is -2.40. The van der Waals surface area contributed by atoms with Crippen molar-refractivity contribution >= 4 is 44.4 Å². The topological polar surface area (TPSA) is 142 Å². The molecule has 2 aromatic carbocycles. The highest BCUT2D eigenvalue weighted by Gasteiger charge is 2.29. The van der Waals surface area contributed by atoms with E-state index in [2.05, 4.69) is 30.1 Å². The average molecular weight is 685 g/mol. The highest BCUT2D eigenvalue weighted by atomic mass is 32.2. The number of sulfonamides is 1. The second-order valence-electron chi connectivity index (χ2n) is 13.0. The van der Waals surface area contributed by atoms with Gasteiger partial charge in [0.25, 0.3) is 0 Å². The number of benzene rings is 2. The number of hydrogen-bond donors (Lipinski definition) is 3. The van der Waals surface area contributed by atoms with Crippen LogP contribution < -0.4 is 20.3 Å². The highest BCUT2D eigenvalue weighted by molar-refractivity contribution is 7.89. The van der Waals surface area contributed by atoms with Crippen LogP contribution in [0.4, 0.5) is 20.4 Å². The van der Waals surface area contributed by atoms with Gasteiger partial charge in [-0.1, -0.05) is 47.7 Å². The van der Waals surface area contributed by atoms with E-state index in [1.165, 1.54) is 17.4 Å². The highest BCUT2D eigenvalue weighted by Crippen LogP contribution is 2.37. The first-order valence-electron chi connectivity index (χ1n) is 15.9. The molecule has 1 aromatic heterocycles. The molecule has 5 rings (SSSR count). The van der Waals surface area contributed by atoms with E-state index >= 15 is 0 Å². The van der Waals surface area contributed by atoms with Crippen molar-refractivity contribution in [3.8, 4) is 10.4 Å². The van der Waals surface area contributed by atoms with Gasteiger partial charge in [-0.05, 0) is 64.9 Å². The van der Waals surface area contributed by atoms with Gasteiger partial charge in [0.1, 0.15) is 12.7 Å². The average Bonchev–Trinajstić information content (AvgIpc) is 3.68. The number of carbonyl (C=O) groups excluding carboxylic acids is 2. The number of anilines is 2. The maximum atomic E-state index is 13.6. The van der Waals surface area contributed by atoms with Crippen LogP contribution in [0.15, 0.2) is 59.6 Å². The summed E-state index contributed by atoms with van der Waals surface area (Å²) in [6.45, 7) is 8.25. The number of rotatable bonds is 10. The molecule has 254 valence electrons. The van der Waals surface area contributed by atoms with Gasteiger partial charge in [0.05, 0.1) is 9.77 Å². The summed E-state index contributed by atoms with van der Waals surface area (Å²) in [5, 5.41) is 6.25. The van der Waals surface area contributed by atoms with E-state index in [4.69, 9.17) is 9.47 Å². The Labute approximate surface area is 280 Å². The van der Waals surface area contributed by atoms with Crippen LogP contribution in [0, 0.1) is 0 Å². The second-order valence-corrected chi connectivity index (χ2v) is 15.7. The first kappa shape index (κ1) is 34.6. The maximum Gasteiger partial charge on any atom is 0.411 e. The third-order valence-corrected chi connectivity index (χ3v) is 11.0.